The Bertz CT molecular complexity index is 436. The van der Waals surface area contributed by atoms with Crippen LogP contribution in [0, 0.1) is 5.92 Å². The predicted octanol–water partition coefficient (Wildman–Crippen LogP) is 0.811. The highest BCUT2D eigenvalue weighted by atomic mass is 16.3. The summed E-state index contributed by atoms with van der Waals surface area (Å²) in [4.78, 5) is 20.0. The molecule has 5 heteroatoms. The first-order valence-corrected chi connectivity index (χ1v) is 6.16. The van der Waals surface area contributed by atoms with Gasteiger partial charge in [0.15, 0.2) is 5.69 Å². The topological polar surface area (TPSA) is 56.7 Å². The average molecular weight is 249 g/mol. The van der Waals surface area contributed by atoms with Crippen LogP contribution in [0.5, 0.6) is 5.75 Å². The molecule has 1 unspecified atom stereocenters. The highest BCUT2D eigenvalue weighted by Gasteiger charge is 2.24. The largest absolute Gasteiger partial charge is 0.505 e. The predicted molar refractivity (Wildman–Crippen MR) is 68.5 cm³/mol. The van der Waals surface area contributed by atoms with Crippen LogP contribution in [0.25, 0.3) is 0 Å². The van der Waals surface area contributed by atoms with Gasteiger partial charge in [0.1, 0.15) is 5.75 Å². The van der Waals surface area contributed by atoms with Gasteiger partial charge in [-0.15, -0.1) is 0 Å². The molecule has 0 bridgehead atoms. The van der Waals surface area contributed by atoms with Crippen molar-refractivity contribution in [1.82, 2.24) is 14.8 Å². The Kier molecular flexibility index (Phi) is 3.81. The van der Waals surface area contributed by atoms with E-state index in [0.717, 1.165) is 19.5 Å². The lowest BCUT2D eigenvalue weighted by molar-refractivity contribution is 0.0765. The van der Waals surface area contributed by atoms with E-state index < -0.39 is 0 Å². The zero-order valence-electron chi connectivity index (χ0n) is 10.8. The van der Waals surface area contributed by atoms with Crippen molar-refractivity contribution < 1.29 is 9.90 Å². The molecule has 1 atom stereocenters. The van der Waals surface area contributed by atoms with Crippen molar-refractivity contribution in [3.05, 3.63) is 24.0 Å². The van der Waals surface area contributed by atoms with Crippen LogP contribution < -0.4 is 0 Å². The number of likely N-dealkylation sites (tertiary alicyclic amines) is 1. The fourth-order valence-electron chi connectivity index (χ4n) is 2.39. The smallest absolute Gasteiger partial charge is 0.276 e. The Morgan fingerprint density at radius 1 is 1.67 bits per heavy atom. The maximum Gasteiger partial charge on any atom is 0.276 e. The van der Waals surface area contributed by atoms with Gasteiger partial charge in [0.2, 0.25) is 0 Å². The van der Waals surface area contributed by atoms with E-state index in [1.165, 1.54) is 12.3 Å². The summed E-state index contributed by atoms with van der Waals surface area (Å²) in [7, 11) is 3.85. The average Bonchev–Trinajstić information content (AvgIpc) is 2.74. The van der Waals surface area contributed by atoms with E-state index in [-0.39, 0.29) is 17.4 Å². The molecule has 18 heavy (non-hydrogen) atoms. The molecule has 0 radical (unpaired) electrons. The molecule has 98 valence electrons. The van der Waals surface area contributed by atoms with Crippen LogP contribution in [0.1, 0.15) is 16.9 Å². The first kappa shape index (κ1) is 12.8. The van der Waals surface area contributed by atoms with Gasteiger partial charge in [-0.3, -0.25) is 4.79 Å². The van der Waals surface area contributed by atoms with Crippen molar-refractivity contribution in [2.75, 3.05) is 33.7 Å². The fourth-order valence-corrected chi connectivity index (χ4v) is 2.39. The van der Waals surface area contributed by atoms with Gasteiger partial charge in [0, 0.05) is 26.3 Å². The number of rotatable bonds is 3. The lowest BCUT2D eigenvalue weighted by Crippen LogP contribution is -2.33. The zero-order valence-corrected chi connectivity index (χ0v) is 10.8. The third-order valence-corrected chi connectivity index (χ3v) is 3.36. The molecule has 1 amide bonds. The van der Waals surface area contributed by atoms with Gasteiger partial charge in [-0.2, -0.15) is 0 Å². The summed E-state index contributed by atoms with van der Waals surface area (Å²) in [5.41, 5.74) is 0.131. The molecule has 5 nitrogen and oxygen atoms in total. The van der Waals surface area contributed by atoms with Crippen molar-refractivity contribution >= 4 is 5.91 Å². The molecule has 0 spiro atoms. The molecule has 0 aromatic carbocycles. The molecule has 1 aromatic heterocycles. The van der Waals surface area contributed by atoms with Crippen LogP contribution in [0.15, 0.2) is 18.3 Å². The van der Waals surface area contributed by atoms with Gasteiger partial charge in [-0.1, -0.05) is 0 Å². The van der Waals surface area contributed by atoms with Crippen molar-refractivity contribution in [2.45, 2.75) is 6.42 Å². The summed E-state index contributed by atoms with van der Waals surface area (Å²) in [5, 5.41) is 9.61. The van der Waals surface area contributed by atoms with E-state index in [1.807, 2.05) is 0 Å². The second-order valence-corrected chi connectivity index (χ2v) is 4.97. The number of aromatic hydroxyl groups is 1. The minimum Gasteiger partial charge on any atom is -0.505 e. The summed E-state index contributed by atoms with van der Waals surface area (Å²) < 4.78 is 0. The van der Waals surface area contributed by atoms with Gasteiger partial charge in [0.05, 0.1) is 0 Å². The summed E-state index contributed by atoms with van der Waals surface area (Å²) in [6, 6.07) is 3.09. The number of aromatic nitrogens is 1. The molecule has 1 aliphatic rings. The number of amides is 1. The lowest BCUT2D eigenvalue weighted by atomic mass is 10.1. The summed E-state index contributed by atoms with van der Waals surface area (Å²) >= 11 is 0. The highest BCUT2D eigenvalue weighted by molar-refractivity contribution is 5.94. The van der Waals surface area contributed by atoms with E-state index in [9.17, 15) is 9.90 Å². The lowest BCUT2D eigenvalue weighted by Gasteiger charge is -2.21. The minimum absolute atomic E-state index is 0.0575. The highest BCUT2D eigenvalue weighted by Crippen LogP contribution is 2.18. The number of nitrogens with zero attached hydrogens (tertiary/aromatic N) is 3. The Morgan fingerprint density at radius 3 is 3.06 bits per heavy atom. The molecule has 1 aromatic rings. The van der Waals surface area contributed by atoms with E-state index >= 15 is 0 Å². The normalized spacial score (nSPS) is 20.0. The Hall–Kier alpha value is -1.62. The van der Waals surface area contributed by atoms with Gasteiger partial charge in [-0.25, -0.2) is 4.98 Å². The van der Waals surface area contributed by atoms with Crippen molar-refractivity contribution in [2.24, 2.45) is 5.92 Å². The molecule has 1 N–H and O–H groups in total. The van der Waals surface area contributed by atoms with Crippen LogP contribution in [0.3, 0.4) is 0 Å². The summed E-state index contributed by atoms with van der Waals surface area (Å²) in [6.45, 7) is 2.81. The number of pyridine rings is 1. The van der Waals surface area contributed by atoms with Crippen molar-refractivity contribution in [3.63, 3.8) is 0 Å². The van der Waals surface area contributed by atoms with Gasteiger partial charge < -0.3 is 14.9 Å². The first-order valence-electron chi connectivity index (χ1n) is 6.16. The number of hydrogen-bond acceptors (Lipinski definition) is 4. The monoisotopic (exact) mass is 249 g/mol. The van der Waals surface area contributed by atoms with E-state index in [0.29, 0.717) is 12.5 Å². The Balaban J connectivity index is 1.99. The number of carbonyl (C=O) groups is 1. The van der Waals surface area contributed by atoms with E-state index in [1.54, 1.807) is 18.0 Å². The standard InChI is InChI=1S/C13H19N3O2/c1-15-7-5-10(8-15)9-16(2)13(18)12-11(17)4-3-6-14-12/h3-4,6,10,17H,5,7-9H2,1-2H3. The maximum absolute atomic E-state index is 12.1. The maximum atomic E-state index is 12.1. The quantitative estimate of drug-likeness (QED) is 0.861. The number of hydrogen-bond donors (Lipinski definition) is 1. The third kappa shape index (κ3) is 2.79. The molecule has 2 rings (SSSR count). The summed E-state index contributed by atoms with van der Waals surface area (Å²) in [6.07, 6.45) is 2.63. The van der Waals surface area contributed by atoms with Crippen LogP contribution in [-0.4, -0.2) is 59.5 Å². The Labute approximate surface area is 107 Å². The molecular weight excluding hydrogens is 230 g/mol. The number of carbonyl (C=O) groups excluding carboxylic acids is 1. The van der Waals surface area contributed by atoms with Crippen molar-refractivity contribution in [3.8, 4) is 5.75 Å². The minimum atomic E-state index is -0.220. The molecule has 0 aliphatic carbocycles. The van der Waals surface area contributed by atoms with Gasteiger partial charge in [-0.05, 0) is 38.1 Å². The molecule has 2 heterocycles. The summed E-state index contributed by atoms with van der Waals surface area (Å²) in [5.74, 6) is 0.232. The second-order valence-electron chi connectivity index (χ2n) is 4.97. The second kappa shape index (κ2) is 5.35. The zero-order chi connectivity index (χ0) is 13.1. The fraction of sp³-hybridized carbons (Fsp3) is 0.538. The van der Waals surface area contributed by atoms with Crippen LogP contribution in [-0.2, 0) is 0 Å². The van der Waals surface area contributed by atoms with E-state index in [4.69, 9.17) is 0 Å². The van der Waals surface area contributed by atoms with Crippen molar-refractivity contribution in [1.29, 1.82) is 0 Å². The third-order valence-electron chi connectivity index (χ3n) is 3.36. The van der Waals surface area contributed by atoms with Gasteiger partial charge >= 0.3 is 0 Å². The van der Waals surface area contributed by atoms with Crippen LogP contribution >= 0.6 is 0 Å². The van der Waals surface area contributed by atoms with Crippen LogP contribution in [0.4, 0.5) is 0 Å². The molecular formula is C13H19N3O2. The van der Waals surface area contributed by atoms with E-state index in [2.05, 4.69) is 16.9 Å². The van der Waals surface area contributed by atoms with Crippen LogP contribution in [0.2, 0.25) is 0 Å². The first-order chi connectivity index (χ1) is 8.58. The SMILES string of the molecule is CN1CCC(CN(C)C(=O)c2ncccc2O)C1. The molecule has 0 saturated carbocycles. The molecule has 1 saturated heterocycles. The Morgan fingerprint density at radius 2 is 2.44 bits per heavy atom. The molecule has 1 aliphatic heterocycles. The van der Waals surface area contributed by atoms with Gasteiger partial charge in [0.25, 0.3) is 5.91 Å². The molecule has 1 fully saturated rings.